The van der Waals surface area contributed by atoms with E-state index in [1.807, 2.05) is 18.2 Å². The Morgan fingerprint density at radius 2 is 1.76 bits per heavy atom. The number of unbranched alkanes of at least 4 members (excludes halogenated alkanes) is 1. The summed E-state index contributed by atoms with van der Waals surface area (Å²) >= 11 is 0. The lowest BCUT2D eigenvalue weighted by Crippen LogP contribution is -2.20. The van der Waals surface area contributed by atoms with Gasteiger partial charge in [-0.2, -0.15) is 0 Å². The van der Waals surface area contributed by atoms with Gasteiger partial charge in [-0.05, 0) is 36.2 Å². The van der Waals surface area contributed by atoms with Crippen LogP contribution in [0.5, 0.6) is 5.75 Å². The standard InChI is InChI=1S/C24H26N4O/c1-4-5-15-27(2)23-22-21(18-9-7-6-8-10-18)16-28(24(22)26-17-25-23)19-11-13-20(29-3)14-12-19/h6-14,16-17H,4-5,15H2,1-3H3. The summed E-state index contributed by atoms with van der Waals surface area (Å²) in [6, 6.07) is 18.5. The summed E-state index contributed by atoms with van der Waals surface area (Å²) in [5.41, 5.74) is 4.24. The normalized spacial score (nSPS) is 11.0. The van der Waals surface area contributed by atoms with Crippen LogP contribution in [0.2, 0.25) is 0 Å². The zero-order chi connectivity index (χ0) is 20.2. The summed E-state index contributed by atoms with van der Waals surface area (Å²) in [5, 5.41) is 1.08. The Morgan fingerprint density at radius 3 is 2.45 bits per heavy atom. The van der Waals surface area contributed by atoms with Crippen molar-refractivity contribution in [3.63, 3.8) is 0 Å². The molecule has 0 radical (unpaired) electrons. The molecule has 5 nitrogen and oxygen atoms in total. The molecule has 2 heterocycles. The highest BCUT2D eigenvalue weighted by Gasteiger charge is 2.19. The maximum atomic E-state index is 5.31. The molecule has 0 bridgehead atoms. The molecule has 4 rings (SSSR count). The Balaban J connectivity index is 1.93. The second-order valence-electron chi connectivity index (χ2n) is 7.15. The van der Waals surface area contributed by atoms with E-state index in [9.17, 15) is 0 Å². The van der Waals surface area contributed by atoms with Gasteiger partial charge in [0, 0.05) is 31.0 Å². The van der Waals surface area contributed by atoms with E-state index in [0.29, 0.717) is 0 Å². The lowest BCUT2D eigenvalue weighted by molar-refractivity contribution is 0.415. The van der Waals surface area contributed by atoms with Crippen LogP contribution in [-0.2, 0) is 0 Å². The van der Waals surface area contributed by atoms with Gasteiger partial charge in [-0.25, -0.2) is 9.97 Å². The number of ether oxygens (including phenoxy) is 1. The lowest BCUT2D eigenvalue weighted by atomic mass is 10.1. The molecule has 29 heavy (non-hydrogen) atoms. The first-order valence-electron chi connectivity index (χ1n) is 10.00. The zero-order valence-corrected chi connectivity index (χ0v) is 17.2. The number of hydrogen-bond donors (Lipinski definition) is 0. The van der Waals surface area contributed by atoms with Gasteiger partial charge in [-0.3, -0.25) is 0 Å². The zero-order valence-electron chi connectivity index (χ0n) is 17.2. The van der Waals surface area contributed by atoms with Gasteiger partial charge >= 0.3 is 0 Å². The third-order valence-electron chi connectivity index (χ3n) is 5.21. The van der Waals surface area contributed by atoms with Crippen LogP contribution in [0, 0.1) is 0 Å². The van der Waals surface area contributed by atoms with Crippen molar-refractivity contribution in [2.75, 3.05) is 25.6 Å². The molecule has 0 fully saturated rings. The van der Waals surface area contributed by atoms with Crippen LogP contribution in [0.15, 0.2) is 67.1 Å². The Kier molecular flexibility index (Phi) is 5.47. The minimum absolute atomic E-state index is 0.836. The molecule has 0 aliphatic rings. The predicted molar refractivity (Wildman–Crippen MR) is 119 cm³/mol. The molecule has 0 aliphatic heterocycles. The molecule has 0 amide bonds. The quantitative estimate of drug-likeness (QED) is 0.430. The van der Waals surface area contributed by atoms with Crippen molar-refractivity contribution in [2.24, 2.45) is 0 Å². The molecular weight excluding hydrogens is 360 g/mol. The van der Waals surface area contributed by atoms with Crippen LogP contribution in [0.1, 0.15) is 19.8 Å². The molecule has 4 aromatic rings. The van der Waals surface area contributed by atoms with Gasteiger partial charge < -0.3 is 14.2 Å². The Hall–Kier alpha value is -3.34. The van der Waals surface area contributed by atoms with E-state index in [0.717, 1.165) is 58.8 Å². The number of fused-ring (bicyclic) bond motifs is 1. The molecule has 0 unspecified atom stereocenters. The Morgan fingerprint density at radius 1 is 1.00 bits per heavy atom. The van der Waals surface area contributed by atoms with Crippen molar-refractivity contribution in [2.45, 2.75) is 19.8 Å². The van der Waals surface area contributed by atoms with Crippen molar-refractivity contribution in [1.82, 2.24) is 14.5 Å². The summed E-state index contributed by atoms with van der Waals surface area (Å²) < 4.78 is 7.45. The molecule has 2 aromatic heterocycles. The maximum Gasteiger partial charge on any atom is 0.150 e. The van der Waals surface area contributed by atoms with Crippen molar-refractivity contribution in [3.05, 3.63) is 67.1 Å². The van der Waals surface area contributed by atoms with Crippen LogP contribution in [0.4, 0.5) is 5.82 Å². The van der Waals surface area contributed by atoms with Gasteiger partial charge in [0.2, 0.25) is 0 Å². The number of anilines is 1. The number of benzene rings is 2. The van der Waals surface area contributed by atoms with Crippen molar-refractivity contribution < 1.29 is 4.74 Å². The number of methoxy groups -OCH3 is 1. The topological polar surface area (TPSA) is 43.2 Å². The Bertz CT molecular complexity index is 1090. The number of hydrogen-bond acceptors (Lipinski definition) is 4. The van der Waals surface area contributed by atoms with Gasteiger partial charge in [0.05, 0.1) is 12.5 Å². The first-order valence-corrected chi connectivity index (χ1v) is 10.00. The van der Waals surface area contributed by atoms with E-state index in [-0.39, 0.29) is 0 Å². The molecule has 0 N–H and O–H groups in total. The molecule has 5 heteroatoms. The van der Waals surface area contributed by atoms with Gasteiger partial charge in [0.1, 0.15) is 17.9 Å². The lowest BCUT2D eigenvalue weighted by Gasteiger charge is -2.19. The van der Waals surface area contributed by atoms with Gasteiger partial charge in [0.25, 0.3) is 0 Å². The maximum absolute atomic E-state index is 5.31. The van der Waals surface area contributed by atoms with Crippen molar-refractivity contribution in [3.8, 4) is 22.6 Å². The van der Waals surface area contributed by atoms with E-state index in [2.05, 4.69) is 76.0 Å². The van der Waals surface area contributed by atoms with E-state index in [4.69, 9.17) is 4.74 Å². The average Bonchev–Trinajstić information content (AvgIpc) is 3.18. The van der Waals surface area contributed by atoms with Crippen LogP contribution < -0.4 is 9.64 Å². The third kappa shape index (κ3) is 3.68. The molecule has 148 valence electrons. The van der Waals surface area contributed by atoms with Gasteiger partial charge in [-0.1, -0.05) is 43.7 Å². The molecule has 0 spiro atoms. The fraction of sp³-hybridized carbons (Fsp3) is 0.250. The minimum atomic E-state index is 0.836. The van der Waals surface area contributed by atoms with Crippen LogP contribution >= 0.6 is 0 Å². The summed E-state index contributed by atoms with van der Waals surface area (Å²) in [6.07, 6.45) is 6.10. The predicted octanol–water partition coefficient (Wildman–Crippen LogP) is 5.33. The van der Waals surface area contributed by atoms with E-state index in [1.165, 1.54) is 0 Å². The smallest absolute Gasteiger partial charge is 0.150 e. The van der Waals surface area contributed by atoms with Crippen molar-refractivity contribution >= 4 is 16.9 Å². The van der Waals surface area contributed by atoms with Crippen LogP contribution in [0.25, 0.3) is 27.8 Å². The average molecular weight is 386 g/mol. The van der Waals surface area contributed by atoms with E-state index >= 15 is 0 Å². The molecular formula is C24H26N4O. The van der Waals surface area contributed by atoms with Crippen molar-refractivity contribution in [1.29, 1.82) is 0 Å². The highest BCUT2D eigenvalue weighted by atomic mass is 16.5. The first kappa shape index (κ1) is 19.0. The summed E-state index contributed by atoms with van der Waals surface area (Å²) in [7, 11) is 3.79. The second-order valence-corrected chi connectivity index (χ2v) is 7.15. The molecule has 0 saturated heterocycles. The summed E-state index contributed by atoms with van der Waals surface area (Å²) in [4.78, 5) is 11.6. The first-order chi connectivity index (χ1) is 14.2. The fourth-order valence-electron chi connectivity index (χ4n) is 3.61. The number of aromatic nitrogens is 3. The summed E-state index contributed by atoms with van der Waals surface area (Å²) in [6.45, 7) is 3.17. The monoisotopic (exact) mass is 386 g/mol. The van der Waals surface area contributed by atoms with E-state index < -0.39 is 0 Å². The van der Waals surface area contributed by atoms with E-state index in [1.54, 1.807) is 13.4 Å². The van der Waals surface area contributed by atoms with Gasteiger partial charge in [0.15, 0.2) is 5.65 Å². The molecule has 0 saturated carbocycles. The Labute approximate surface area is 171 Å². The molecule has 0 atom stereocenters. The van der Waals surface area contributed by atoms with Crippen LogP contribution in [0.3, 0.4) is 0 Å². The summed E-state index contributed by atoms with van der Waals surface area (Å²) in [5.74, 6) is 1.80. The highest BCUT2D eigenvalue weighted by molar-refractivity contribution is 6.02. The number of nitrogens with zero attached hydrogens (tertiary/aromatic N) is 4. The van der Waals surface area contributed by atoms with Crippen LogP contribution in [-0.4, -0.2) is 35.2 Å². The van der Waals surface area contributed by atoms with Gasteiger partial charge in [-0.15, -0.1) is 0 Å². The SMILES string of the molecule is CCCCN(C)c1ncnc2c1c(-c1ccccc1)cn2-c1ccc(OC)cc1. The largest absolute Gasteiger partial charge is 0.497 e. The number of rotatable bonds is 7. The molecule has 2 aromatic carbocycles. The molecule has 0 aliphatic carbocycles. The minimum Gasteiger partial charge on any atom is -0.497 e. The fourth-order valence-corrected chi connectivity index (χ4v) is 3.61. The highest BCUT2D eigenvalue weighted by Crippen LogP contribution is 2.36. The second kappa shape index (κ2) is 8.35. The third-order valence-corrected chi connectivity index (χ3v) is 5.21.